The summed E-state index contributed by atoms with van der Waals surface area (Å²) >= 11 is 12.3. The molecular weight excluding hydrogens is 427 g/mol. The quantitative estimate of drug-likeness (QED) is 0.495. The summed E-state index contributed by atoms with van der Waals surface area (Å²) in [5, 5.41) is 14.5. The van der Waals surface area contributed by atoms with E-state index in [0.29, 0.717) is 38.2 Å². The Hall–Kier alpha value is -2.48. The van der Waals surface area contributed by atoms with E-state index in [-0.39, 0.29) is 13.2 Å². The van der Waals surface area contributed by atoms with E-state index < -0.39 is 17.7 Å². The zero-order valence-electron chi connectivity index (χ0n) is 16.9. The molecule has 7 nitrogen and oxygen atoms in total. The van der Waals surface area contributed by atoms with Gasteiger partial charge in [-0.05, 0) is 45.0 Å². The SMILES string of the molecule is CC(C)(C)NC(=O)OCCn1c(C(O)c2ccc(Cl)cc2Cl)nc2cccc(N)c21. The maximum Gasteiger partial charge on any atom is 0.407 e. The standard InChI is InChI=1S/C21H24Cl2N4O3/c1-21(2,3)26-20(29)30-10-9-27-17-15(24)5-4-6-16(17)25-19(27)18(28)13-8-7-12(22)11-14(13)23/h4-8,11,18,28H,9-10,24H2,1-3H3,(H,26,29). The zero-order valence-corrected chi connectivity index (χ0v) is 18.5. The zero-order chi connectivity index (χ0) is 22.1. The number of hydrogen-bond acceptors (Lipinski definition) is 5. The summed E-state index contributed by atoms with van der Waals surface area (Å²) in [5.41, 5.74) is 7.99. The molecule has 9 heteroatoms. The molecule has 1 atom stereocenters. The number of imidazole rings is 1. The van der Waals surface area contributed by atoms with E-state index in [1.165, 1.54) is 0 Å². The van der Waals surface area contributed by atoms with E-state index in [1.54, 1.807) is 41.0 Å². The van der Waals surface area contributed by atoms with Crippen LogP contribution in [0.3, 0.4) is 0 Å². The van der Waals surface area contributed by atoms with Crippen molar-refractivity contribution in [1.29, 1.82) is 0 Å². The molecule has 1 unspecified atom stereocenters. The van der Waals surface area contributed by atoms with Gasteiger partial charge in [-0.15, -0.1) is 0 Å². The first kappa shape index (κ1) is 22.2. The number of aliphatic hydroxyl groups excluding tert-OH is 1. The Morgan fingerprint density at radius 3 is 2.70 bits per heavy atom. The fraction of sp³-hybridized carbons (Fsp3) is 0.333. The fourth-order valence-electron chi connectivity index (χ4n) is 3.10. The second-order valence-corrected chi connectivity index (χ2v) is 8.76. The third-order valence-electron chi connectivity index (χ3n) is 4.35. The Labute approximate surface area is 184 Å². The molecule has 0 saturated heterocycles. The van der Waals surface area contributed by atoms with Gasteiger partial charge in [-0.2, -0.15) is 0 Å². The number of nitrogens with one attached hydrogen (secondary N) is 1. The maximum atomic E-state index is 12.0. The summed E-state index contributed by atoms with van der Waals surface area (Å²) in [4.78, 5) is 16.5. The van der Waals surface area contributed by atoms with E-state index >= 15 is 0 Å². The molecule has 0 radical (unpaired) electrons. The predicted molar refractivity (Wildman–Crippen MR) is 119 cm³/mol. The van der Waals surface area contributed by atoms with Crippen LogP contribution in [0.2, 0.25) is 10.0 Å². The third kappa shape index (κ3) is 4.98. The van der Waals surface area contributed by atoms with Gasteiger partial charge in [-0.3, -0.25) is 0 Å². The normalized spacial score (nSPS) is 12.7. The molecule has 0 fully saturated rings. The van der Waals surface area contributed by atoms with Gasteiger partial charge in [0.15, 0.2) is 0 Å². The number of amides is 1. The van der Waals surface area contributed by atoms with Crippen LogP contribution in [0.1, 0.15) is 38.3 Å². The number of aromatic nitrogens is 2. The number of carbonyl (C=O) groups is 1. The van der Waals surface area contributed by atoms with Crippen LogP contribution in [0.4, 0.5) is 10.5 Å². The van der Waals surface area contributed by atoms with Crippen LogP contribution in [-0.4, -0.2) is 32.9 Å². The Balaban J connectivity index is 1.93. The van der Waals surface area contributed by atoms with Gasteiger partial charge < -0.3 is 25.5 Å². The van der Waals surface area contributed by atoms with Crippen LogP contribution in [-0.2, 0) is 11.3 Å². The lowest BCUT2D eigenvalue weighted by atomic mass is 10.1. The van der Waals surface area contributed by atoms with Crippen molar-refractivity contribution in [3.05, 3.63) is 57.8 Å². The molecule has 4 N–H and O–H groups in total. The van der Waals surface area contributed by atoms with Crippen molar-refractivity contribution in [2.75, 3.05) is 12.3 Å². The van der Waals surface area contributed by atoms with E-state index in [1.807, 2.05) is 20.8 Å². The number of para-hydroxylation sites is 1. The number of nitrogen functional groups attached to an aromatic ring is 1. The van der Waals surface area contributed by atoms with Gasteiger partial charge in [0, 0.05) is 21.1 Å². The van der Waals surface area contributed by atoms with Crippen molar-refractivity contribution in [3.8, 4) is 0 Å². The summed E-state index contributed by atoms with van der Waals surface area (Å²) < 4.78 is 7.04. The van der Waals surface area contributed by atoms with E-state index in [0.717, 1.165) is 0 Å². The third-order valence-corrected chi connectivity index (χ3v) is 4.92. The Kier molecular flexibility index (Phi) is 6.45. The van der Waals surface area contributed by atoms with E-state index in [9.17, 15) is 9.90 Å². The van der Waals surface area contributed by atoms with Crippen molar-refractivity contribution in [2.45, 2.75) is 39.0 Å². The summed E-state index contributed by atoms with van der Waals surface area (Å²) in [7, 11) is 0. The second-order valence-electron chi connectivity index (χ2n) is 7.92. The van der Waals surface area contributed by atoms with Gasteiger partial charge in [-0.1, -0.05) is 35.3 Å². The minimum atomic E-state index is -1.12. The first-order valence-electron chi connectivity index (χ1n) is 9.39. The largest absolute Gasteiger partial charge is 0.448 e. The highest BCUT2D eigenvalue weighted by molar-refractivity contribution is 6.35. The van der Waals surface area contributed by atoms with Crippen molar-refractivity contribution < 1.29 is 14.6 Å². The lowest BCUT2D eigenvalue weighted by Crippen LogP contribution is -2.41. The summed E-state index contributed by atoms with van der Waals surface area (Å²) in [6.45, 7) is 5.91. The highest BCUT2D eigenvalue weighted by Gasteiger charge is 2.23. The molecule has 160 valence electrons. The van der Waals surface area contributed by atoms with Crippen molar-refractivity contribution in [2.24, 2.45) is 0 Å². The number of nitrogens with zero attached hydrogens (tertiary/aromatic N) is 2. The Morgan fingerprint density at radius 2 is 2.03 bits per heavy atom. The predicted octanol–water partition coefficient (Wildman–Crippen LogP) is 4.53. The minimum Gasteiger partial charge on any atom is -0.448 e. The van der Waals surface area contributed by atoms with Crippen LogP contribution in [0.25, 0.3) is 11.0 Å². The first-order valence-corrected chi connectivity index (χ1v) is 10.1. The van der Waals surface area contributed by atoms with Gasteiger partial charge in [0.2, 0.25) is 0 Å². The van der Waals surface area contributed by atoms with Crippen LogP contribution in [0.15, 0.2) is 36.4 Å². The van der Waals surface area contributed by atoms with Gasteiger partial charge in [0.25, 0.3) is 0 Å². The van der Waals surface area contributed by atoms with Crippen LogP contribution in [0, 0.1) is 0 Å². The molecule has 0 bridgehead atoms. The number of ether oxygens (including phenoxy) is 1. The number of rotatable bonds is 5. The summed E-state index contributed by atoms with van der Waals surface area (Å²) in [6.07, 6.45) is -1.65. The number of hydrogen-bond donors (Lipinski definition) is 3. The topological polar surface area (TPSA) is 102 Å². The molecule has 0 aliphatic carbocycles. The number of nitrogens with two attached hydrogens (primary N) is 1. The molecule has 0 aliphatic heterocycles. The molecule has 1 heterocycles. The van der Waals surface area contributed by atoms with Crippen molar-refractivity contribution >= 4 is 46.0 Å². The maximum absolute atomic E-state index is 12.0. The minimum absolute atomic E-state index is 0.0653. The number of alkyl carbamates (subject to hydrolysis) is 1. The summed E-state index contributed by atoms with van der Waals surface area (Å²) in [6, 6.07) is 10.2. The Bertz CT molecular complexity index is 1080. The van der Waals surface area contributed by atoms with Crippen LogP contribution >= 0.6 is 23.2 Å². The Morgan fingerprint density at radius 1 is 1.30 bits per heavy atom. The highest BCUT2D eigenvalue weighted by Crippen LogP contribution is 2.33. The summed E-state index contributed by atoms with van der Waals surface area (Å²) in [5.74, 6) is 0.340. The average molecular weight is 451 g/mol. The molecule has 2 aromatic carbocycles. The number of carbonyl (C=O) groups excluding carboxylic acids is 1. The van der Waals surface area contributed by atoms with Crippen molar-refractivity contribution in [1.82, 2.24) is 14.9 Å². The van der Waals surface area contributed by atoms with Crippen LogP contribution < -0.4 is 11.1 Å². The molecule has 3 rings (SSSR count). The second kappa shape index (κ2) is 8.71. The van der Waals surface area contributed by atoms with E-state index in [2.05, 4.69) is 10.3 Å². The van der Waals surface area contributed by atoms with Crippen LogP contribution in [0.5, 0.6) is 0 Å². The smallest absolute Gasteiger partial charge is 0.407 e. The van der Waals surface area contributed by atoms with E-state index in [4.69, 9.17) is 33.7 Å². The fourth-order valence-corrected chi connectivity index (χ4v) is 3.61. The molecule has 0 aliphatic rings. The lowest BCUT2D eigenvalue weighted by molar-refractivity contribution is 0.132. The van der Waals surface area contributed by atoms with Gasteiger partial charge in [0.05, 0.1) is 23.3 Å². The number of anilines is 1. The monoisotopic (exact) mass is 450 g/mol. The first-order chi connectivity index (χ1) is 14.1. The molecule has 30 heavy (non-hydrogen) atoms. The van der Waals surface area contributed by atoms with Gasteiger partial charge >= 0.3 is 6.09 Å². The van der Waals surface area contributed by atoms with Crippen molar-refractivity contribution in [3.63, 3.8) is 0 Å². The van der Waals surface area contributed by atoms with Gasteiger partial charge in [-0.25, -0.2) is 9.78 Å². The molecule has 3 aromatic rings. The molecule has 1 aromatic heterocycles. The molecule has 0 spiro atoms. The number of aliphatic hydroxyl groups is 1. The highest BCUT2D eigenvalue weighted by atomic mass is 35.5. The number of halogens is 2. The van der Waals surface area contributed by atoms with Gasteiger partial charge in [0.1, 0.15) is 18.5 Å². The number of benzene rings is 2. The average Bonchev–Trinajstić information content (AvgIpc) is 3.00. The molecule has 0 saturated carbocycles. The lowest BCUT2D eigenvalue weighted by Gasteiger charge is -2.20. The number of fused-ring (bicyclic) bond motifs is 1. The molecular formula is C21H24Cl2N4O3. The molecule has 1 amide bonds.